The largest absolute Gasteiger partial charge is 0.0854 e. The third-order valence-corrected chi connectivity index (χ3v) is 4.44. The molecule has 76 valence electrons. The molecule has 5 heteroatoms. The first kappa shape index (κ1) is 12.6. The smallest absolute Gasteiger partial charge is 0.0778 e. The zero-order valence-electron chi connectivity index (χ0n) is 7.04. The topological polar surface area (TPSA) is 0 Å². The van der Waals surface area contributed by atoms with Crippen LogP contribution in [0.5, 0.6) is 0 Å². The summed E-state index contributed by atoms with van der Waals surface area (Å²) >= 11 is 16.8. The van der Waals surface area contributed by atoms with Gasteiger partial charge in [-0.2, -0.15) is 0 Å². The van der Waals surface area contributed by atoms with Crippen molar-refractivity contribution in [3.05, 3.63) is 44.8 Å². The molecular formula is C9H7Cl3S2. The first-order chi connectivity index (χ1) is 6.72. The zero-order chi connectivity index (χ0) is 10.4. The quantitative estimate of drug-likeness (QED) is 0.453. The van der Waals surface area contributed by atoms with Crippen LogP contribution in [0, 0.1) is 0 Å². The van der Waals surface area contributed by atoms with Crippen molar-refractivity contribution in [3.63, 3.8) is 0 Å². The molecule has 0 aliphatic carbocycles. The molecule has 1 aliphatic heterocycles. The van der Waals surface area contributed by atoms with Crippen molar-refractivity contribution >= 4 is 56.4 Å². The summed E-state index contributed by atoms with van der Waals surface area (Å²) in [4.78, 5) is 0. The minimum Gasteiger partial charge on any atom is -0.0854 e. The summed E-state index contributed by atoms with van der Waals surface area (Å²) in [5, 5.41) is 3.51. The first-order valence-electron chi connectivity index (χ1n) is 3.74. The molecule has 0 unspecified atom stereocenters. The van der Waals surface area contributed by atoms with Gasteiger partial charge in [0.2, 0.25) is 0 Å². The number of rotatable bonds is 0. The maximum atomic E-state index is 5.61. The van der Waals surface area contributed by atoms with Crippen molar-refractivity contribution < 1.29 is 0 Å². The molecule has 0 saturated heterocycles. The van der Waals surface area contributed by atoms with Gasteiger partial charge in [-0.05, 0) is 17.5 Å². The van der Waals surface area contributed by atoms with Crippen molar-refractivity contribution in [1.29, 1.82) is 0 Å². The van der Waals surface area contributed by atoms with Gasteiger partial charge in [-0.1, -0.05) is 68.5 Å². The van der Waals surface area contributed by atoms with E-state index in [1.165, 1.54) is 5.75 Å². The van der Waals surface area contributed by atoms with Gasteiger partial charge < -0.3 is 0 Å². The standard InChI is InChI=1S/C6H3Cl3.C3H4S2/c7-4-2-1-3-5(8)6(4)9;1-2-4-5-3-1/h1-3H;1-2H,3H2. The third-order valence-electron chi connectivity index (χ3n) is 1.29. The molecule has 0 aromatic heterocycles. The van der Waals surface area contributed by atoms with Crippen molar-refractivity contribution in [3.8, 4) is 0 Å². The van der Waals surface area contributed by atoms with E-state index in [0.717, 1.165) is 0 Å². The lowest BCUT2D eigenvalue weighted by Crippen LogP contribution is -1.67. The van der Waals surface area contributed by atoms with Crippen molar-refractivity contribution in [2.45, 2.75) is 0 Å². The van der Waals surface area contributed by atoms with Crippen molar-refractivity contribution in [2.75, 3.05) is 5.75 Å². The molecular weight excluding hydrogens is 279 g/mol. The lowest BCUT2D eigenvalue weighted by molar-refractivity contribution is 1.70. The van der Waals surface area contributed by atoms with E-state index in [-0.39, 0.29) is 0 Å². The Balaban J connectivity index is 0.000000165. The zero-order valence-corrected chi connectivity index (χ0v) is 10.9. The fourth-order valence-corrected chi connectivity index (χ4v) is 2.77. The van der Waals surface area contributed by atoms with Crippen LogP contribution in [-0.2, 0) is 0 Å². The van der Waals surface area contributed by atoms with Crippen LogP contribution in [0.3, 0.4) is 0 Å². The highest BCUT2D eigenvalue weighted by Gasteiger charge is 1.98. The summed E-state index contributed by atoms with van der Waals surface area (Å²) < 4.78 is 0. The third kappa shape index (κ3) is 4.37. The van der Waals surface area contributed by atoms with Gasteiger partial charge in [0.25, 0.3) is 0 Å². The van der Waals surface area contributed by atoms with E-state index in [4.69, 9.17) is 34.8 Å². The molecule has 1 aromatic rings. The van der Waals surface area contributed by atoms with Crippen molar-refractivity contribution in [2.24, 2.45) is 0 Å². The number of halogens is 3. The molecule has 0 nitrogen and oxygen atoms in total. The summed E-state index contributed by atoms with van der Waals surface area (Å²) in [5.74, 6) is 1.20. The average Bonchev–Trinajstić information content (AvgIpc) is 2.72. The first-order valence-corrected chi connectivity index (χ1v) is 7.26. The van der Waals surface area contributed by atoms with Crippen LogP contribution < -0.4 is 0 Å². The van der Waals surface area contributed by atoms with Crippen molar-refractivity contribution in [1.82, 2.24) is 0 Å². The monoisotopic (exact) mass is 284 g/mol. The maximum Gasteiger partial charge on any atom is 0.0778 e. The summed E-state index contributed by atoms with van der Waals surface area (Å²) in [6, 6.07) is 5.13. The summed E-state index contributed by atoms with van der Waals surface area (Å²) in [6.45, 7) is 0. The normalized spacial score (nSPS) is 13.6. The van der Waals surface area contributed by atoms with Crippen LogP contribution in [0.25, 0.3) is 0 Å². The van der Waals surface area contributed by atoms with Gasteiger partial charge in [-0.25, -0.2) is 0 Å². The minimum absolute atomic E-state index is 0.417. The van der Waals surface area contributed by atoms with E-state index in [2.05, 4.69) is 11.5 Å². The molecule has 0 amide bonds. The molecule has 0 bridgehead atoms. The maximum absolute atomic E-state index is 5.61. The van der Waals surface area contributed by atoms with Gasteiger partial charge in [0.05, 0.1) is 15.1 Å². The lowest BCUT2D eigenvalue weighted by atomic mass is 10.4. The Labute approximate surface area is 106 Å². The second kappa shape index (κ2) is 6.91. The molecule has 0 fully saturated rings. The Hall–Kier alpha value is 0.530. The highest BCUT2D eigenvalue weighted by molar-refractivity contribution is 8.78. The Bertz CT molecular complexity index is 300. The van der Waals surface area contributed by atoms with Crippen LogP contribution >= 0.6 is 56.4 Å². The Morgan fingerprint density at radius 2 is 1.71 bits per heavy atom. The molecule has 0 atom stereocenters. The molecule has 14 heavy (non-hydrogen) atoms. The Kier molecular flexibility index (Phi) is 6.22. The van der Waals surface area contributed by atoms with E-state index in [1.807, 2.05) is 21.6 Å². The Morgan fingerprint density at radius 1 is 1.07 bits per heavy atom. The summed E-state index contributed by atoms with van der Waals surface area (Å²) in [5.41, 5.74) is 0. The predicted octanol–water partition coefficient (Wildman–Crippen LogP) is 5.54. The molecule has 0 saturated carbocycles. The molecule has 1 heterocycles. The fourth-order valence-electron chi connectivity index (χ4n) is 0.674. The molecule has 2 rings (SSSR count). The summed E-state index contributed by atoms with van der Waals surface area (Å²) in [6.07, 6.45) is 2.16. The van der Waals surface area contributed by atoms with Gasteiger partial charge in [0.1, 0.15) is 0 Å². The van der Waals surface area contributed by atoms with Crippen LogP contribution in [0.4, 0.5) is 0 Å². The van der Waals surface area contributed by atoms with Gasteiger partial charge >= 0.3 is 0 Å². The van der Waals surface area contributed by atoms with E-state index in [1.54, 1.807) is 18.2 Å². The molecule has 0 N–H and O–H groups in total. The summed E-state index contributed by atoms with van der Waals surface area (Å²) in [7, 11) is 3.69. The van der Waals surface area contributed by atoms with E-state index < -0.39 is 0 Å². The van der Waals surface area contributed by atoms with Crippen LogP contribution in [0.1, 0.15) is 0 Å². The Morgan fingerprint density at radius 3 is 2.00 bits per heavy atom. The average molecular weight is 286 g/mol. The minimum atomic E-state index is 0.417. The van der Waals surface area contributed by atoms with E-state index in [0.29, 0.717) is 15.1 Å². The molecule has 0 radical (unpaired) electrons. The molecule has 0 spiro atoms. The number of hydrogen-bond acceptors (Lipinski definition) is 2. The van der Waals surface area contributed by atoms with Gasteiger partial charge in [-0.3, -0.25) is 0 Å². The highest BCUT2D eigenvalue weighted by atomic mass is 35.5. The highest BCUT2D eigenvalue weighted by Crippen LogP contribution is 2.28. The van der Waals surface area contributed by atoms with Crippen LogP contribution in [-0.4, -0.2) is 5.75 Å². The second-order valence-corrected chi connectivity index (χ2v) is 5.80. The van der Waals surface area contributed by atoms with Gasteiger partial charge in [0.15, 0.2) is 0 Å². The lowest BCUT2D eigenvalue weighted by Gasteiger charge is -1.94. The van der Waals surface area contributed by atoms with Gasteiger partial charge in [0, 0.05) is 5.75 Å². The van der Waals surface area contributed by atoms with Crippen LogP contribution in [0.15, 0.2) is 29.7 Å². The SMILES string of the molecule is C1=CSSC1.Clc1cccc(Cl)c1Cl. The molecule has 1 aliphatic rings. The number of hydrogen-bond donors (Lipinski definition) is 0. The van der Waals surface area contributed by atoms with E-state index in [9.17, 15) is 0 Å². The fraction of sp³-hybridized carbons (Fsp3) is 0.111. The van der Waals surface area contributed by atoms with Gasteiger partial charge in [-0.15, -0.1) is 0 Å². The number of benzene rings is 1. The molecule has 1 aromatic carbocycles. The van der Waals surface area contributed by atoms with E-state index >= 15 is 0 Å². The second-order valence-electron chi connectivity index (χ2n) is 2.29. The predicted molar refractivity (Wildman–Crippen MR) is 70.7 cm³/mol. The van der Waals surface area contributed by atoms with Crippen LogP contribution in [0.2, 0.25) is 15.1 Å².